The van der Waals surface area contributed by atoms with Gasteiger partial charge < -0.3 is 4.90 Å². The lowest BCUT2D eigenvalue weighted by atomic mass is 9.94. The second-order valence-corrected chi connectivity index (χ2v) is 6.84. The van der Waals surface area contributed by atoms with Crippen LogP contribution < -0.4 is 5.56 Å². The van der Waals surface area contributed by atoms with Crippen molar-refractivity contribution >= 4 is 11.6 Å². The Morgan fingerprint density at radius 2 is 2.15 bits per heavy atom. The van der Waals surface area contributed by atoms with Crippen LogP contribution in [0.3, 0.4) is 0 Å². The molecule has 1 saturated heterocycles. The molecule has 134 valence electrons. The van der Waals surface area contributed by atoms with Gasteiger partial charge in [-0.15, -0.1) is 0 Å². The molecule has 0 saturated carbocycles. The van der Waals surface area contributed by atoms with Gasteiger partial charge in [-0.05, 0) is 38.8 Å². The topological polar surface area (TPSA) is 83.4 Å². The standard InChI is InChI=1S/C19H21N5O2/c1-12-13(2)21-17-10-16(22-24(17)18(12)25)14-6-5-9-23(11-14)19(26)15-7-3-4-8-20-15/h3-4,7-8,10,14,22H,5-6,9,11H2,1-2H3/t14-/m1/s1. The van der Waals surface area contributed by atoms with Crippen molar-refractivity contribution in [1.29, 1.82) is 0 Å². The van der Waals surface area contributed by atoms with Gasteiger partial charge >= 0.3 is 0 Å². The maximum Gasteiger partial charge on any atom is 0.275 e. The number of hydrogen-bond acceptors (Lipinski definition) is 4. The molecule has 1 fully saturated rings. The summed E-state index contributed by atoms with van der Waals surface area (Å²) in [4.78, 5) is 35.6. The number of rotatable bonds is 2. The number of carbonyl (C=O) groups is 1. The normalized spacial score (nSPS) is 17.6. The van der Waals surface area contributed by atoms with Crippen molar-refractivity contribution in [3.05, 3.63) is 63.5 Å². The highest BCUT2D eigenvalue weighted by Crippen LogP contribution is 2.27. The van der Waals surface area contributed by atoms with Crippen molar-refractivity contribution in [2.24, 2.45) is 0 Å². The first-order chi connectivity index (χ1) is 12.5. The minimum atomic E-state index is -0.0732. The van der Waals surface area contributed by atoms with Gasteiger partial charge in [0.1, 0.15) is 5.69 Å². The number of H-pyrrole nitrogens is 1. The molecule has 1 amide bonds. The van der Waals surface area contributed by atoms with E-state index in [0.717, 1.165) is 30.8 Å². The third-order valence-electron chi connectivity index (χ3n) is 5.14. The van der Waals surface area contributed by atoms with Crippen molar-refractivity contribution in [3.8, 4) is 0 Å². The van der Waals surface area contributed by atoms with E-state index in [1.165, 1.54) is 4.52 Å². The number of likely N-dealkylation sites (tertiary alicyclic amines) is 1. The number of piperidine rings is 1. The Balaban J connectivity index is 1.62. The molecule has 1 aliphatic rings. The molecule has 0 aliphatic carbocycles. The lowest BCUT2D eigenvalue weighted by Crippen LogP contribution is -2.39. The molecule has 0 unspecified atom stereocenters. The summed E-state index contributed by atoms with van der Waals surface area (Å²) in [6.07, 6.45) is 3.51. The summed E-state index contributed by atoms with van der Waals surface area (Å²) in [6.45, 7) is 4.96. The SMILES string of the molecule is Cc1nc2cc([C@@H]3CCCN(C(=O)c4ccccn4)C3)[nH]n2c(=O)c1C. The van der Waals surface area contributed by atoms with E-state index < -0.39 is 0 Å². The molecule has 1 N–H and O–H groups in total. The predicted molar refractivity (Wildman–Crippen MR) is 97.4 cm³/mol. The summed E-state index contributed by atoms with van der Waals surface area (Å²) in [5.74, 6) is 0.103. The van der Waals surface area contributed by atoms with Gasteiger partial charge in [-0.2, -0.15) is 0 Å². The van der Waals surface area contributed by atoms with Crippen molar-refractivity contribution in [1.82, 2.24) is 24.5 Å². The molecule has 4 rings (SSSR count). The fourth-order valence-electron chi connectivity index (χ4n) is 3.51. The largest absolute Gasteiger partial charge is 0.337 e. The number of hydrogen-bond donors (Lipinski definition) is 1. The highest BCUT2D eigenvalue weighted by Gasteiger charge is 2.27. The van der Waals surface area contributed by atoms with E-state index >= 15 is 0 Å². The molecule has 0 bridgehead atoms. The van der Waals surface area contributed by atoms with Gasteiger partial charge in [0.25, 0.3) is 11.5 Å². The number of nitrogens with one attached hydrogen (secondary N) is 1. The third-order valence-corrected chi connectivity index (χ3v) is 5.14. The average Bonchev–Trinajstić information content (AvgIpc) is 3.10. The predicted octanol–water partition coefficient (Wildman–Crippen LogP) is 2.05. The second-order valence-electron chi connectivity index (χ2n) is 6.84. The first-order valence-electron chi connectivity index (χ1n) is 8.84. The summed E-state index contributed by atoms with van der Waals surface area (Å²) in [7, 11) is 0. The fraction of sp³-hybridized carbons (Fsp3) is 0.368. The Morgan fingerprint density at radius 3 is 2.92 bits per heavy atom. The van der Waals surface area contributed by atoms with Gasteiger partial charge in [0.15, 0.2) is 5.65 Å². The maximum atomic E-state index is 12.7. The molecule has 0 aromatic carbocycles. The van der Waals surface area contributed by atoms with E-state index in [1.807, 2.05) is 24.0 Å². The quantitative estimate of drug-likeness (QED) is 0.766. The van der Waals surface area contributed by atoms with Gasteiger partial charge in [-0.1, -0.05) is 6.07 Å². The van der Waals surface area contributed by atoms with Crippen molar-refractivity contribution in [2.45, 2.75) is 32.6 Å². The van der Waals surface area contributed by atoms with Crippen molar-refractivity contribution in [3.63, 3.8) is 0 Å². The molecule has 1 aliphatic heterocycles. The van der Waals surface area contributed by atoms with E-state index in [4.69, 9.17) is 0 Å². The Bertz CT molecular complexity index is 1020. The zero-order valence-electron chi connectivity index (χ0n) is 14.9. The minimum Gasteiger partial charge on any atom is -0.337 e. The number of carbonyl (C=O) groups excluding carboxylic acids is 1. The van der Waals surface area contributed by atoms with Crippen LogP contribution in [0.15, 0.2) is 35.3 Å². The molecule has 0 spiro atoms. The van der Waals surface area contributed by atoms with Crippen molar-refractivity contribution < 1.29 is 4.79 Å². The first kappa shape index (κ1) is 16.5. The maximum absolute atomic E-state index is 12.7. The fourth-order valence-corrected chi connectivity index (χ4v) is 3.51. The molecular formula is C19H21N5O2. The van der Waals surface area contributed by atoms with Crippen molar-refractivity contribution in [2.75, 3.05) is 13.1 Å². The molecular weight excluding hydrogens is 330 g/mol. The Labute approximate surface area is 150 Å². The van der Waals surface area contributed by atoms with Crippen LogP contribution in [0.5, 0.6) is 0 Å². The summed E-state index contributed by atoms with van der Waals surface area (Å²) < 4.78 is 1.50. The zero-order chi connectivity index (χ0) is 18.3. The van der Waals surface area contributed by atoms with Crippen LogP contribution in [0.1, 0.15) is 46.2 Å². The number of nitrogens with zero attached hydrogens (tertiary/aromatic N) is 4. The highest BCUT2D eigenvalue weighted by atomic mass is 16.2. The number of aromatic amines is 1. The summed E-state index contributed by atoms with van der Waals surface area (Å²) in [6, 6.07) is 7.29. The summed E-state index contributed by atoms with van der Waals surface area (Å²) in [5.41, 5.74) is 3.35. The lowest BCUT2D eigenvalue weighted by Gasteiger charge is -2.32. The van der Waals surface area contributed by atoms with E-state index in [1.54, 1.807) is 25.3 Å². The van der Waals surface area contributed by atoms with Crippen LogP contribution in [-0.4, -0.2) is 43.5 Å². The Hall–Kier alpha value is -2.96. The Morgan fingerprint density at radius 1 is 1.31 bits per heavy atom. The summed E-state index contributed by atoms with van der Waals surface area (Å²) >= 11 is 0. The molecule has 0 radical (unpaired) electrons. The summed E-state index contributed by atoms with van der Waals surface area (Å²) in [5, 5.41) is 3.19. The smallest absolute Gasteiger partial charge is 0.275 e. The van der Waals surface area contributed by atoms with Crippen LogP contribution in [0.25, 0.3) is 5.65 Å². The van der Waals surface area contributed by atoms with Gasteiger partial charge in [0, 0.05) is 48.2 Å². The zero-order valence-corrected chi connectivity index (χ0v) is 14.9. The average molecular weight is 351 g/mol. The van der Waals surface area contributed by atoms with Crippen LogP contribution in [-0.2, 0) is 0 Å². The van der Waals surface area contributed by atoms with Gasteiger partial charge in [-0.3, -0.25) is 19.7 Å². The molecule has 7 nitrogen and oxygen atoms in total. The van der Waals surface area contributed by atoms with Crippen LogP contribution in [0.4, 0.5) is 0 Å². The van der Waals surface area contributed by atoms with Crippen LogP contribution >= 0.6 is 0 Å². The van der Waals surface area contributed by atoms with Crippen LogP contribution in [0, 0.1) is 13.8 Å². The number of pyridine rings is 1. The lowest BCUT2D eigenvalue weighted by molar-refractivity contribution is 0.0700. The molecule has 4 heterocycles. The second kappa shape index (κ2) is 6.40. The van der Waals surface area contributed by atoms with Gasteiger partial charge in [-0.25, -0.2) is 9.50 Å². The highest BCUT2D eigenvalue weighted by molar-refractivity contribution is 5.92. The third kappa shape index (κ3) is 2.79. The van der Waals surface area contributed by atoms with E-state index in [0.29, 0.717) is 23.4 Å². The number of aryl methyl sites for hydroxylation is 1. The van der Waals surface area contributed by atoms with Gasteiger partial charge in [0.2, 0.25) is 0 Å². The minimum absolute atomic E-state index is 0.0478. The van der Waals surface area contributed by atoms with Crippen LogP contribution in [0.2, 0.25) is 0 Å². The Kier molecular flexibility index (Phi) is 4.06. The van der Waals surface area contributed by atoms with E-state index in [2.05, 4.69) is 15.1 Å². The molecule has 26 heavy (non-hydrogen) atoms. The number of fused-ring (bicyclic) bond motifs is 1. The van der Waals surface area contributed by atoms with E-state index in [-0.39, 0.29) is 17.4 Å². The number of amides is 1. The molecule has 1 atom stereocenters. The molecule has 7 heteroatoms. The monoisotopic (exact) mass is 351 g/mol. The molecule has 3 aromatic rings. The first-order valence-corrected chi connectivity index (χ1v) is 8.84. The molecule has 3 aromatic heterocycles. The number of aromatic nitrogens is 4. The van der Waals surface area contributed by atoms with E-state index in [9.17, 15) is 9.59 Å². The van der Waals surface area contributed by atoms with Gasteiger partial charge in [0.05, 0.1) is 0 Å².